The summed E-state index contributed by atoms with van der Waals surface area (Å²) in [7, 11) is 0. The molecule has 220 valence electrons. The number of hydrogen-bond acceptors (Lipinski definition) is 12. The molecule has 0 saturated carbocycles. The zero-order chi connectivity index (χ0) is 28.4. The summed E-state index contributed by atoms with van der Waals surface area (Å²) >= 11 is 1.25. The minimum Gasteiger partial charge on any atom is -0.490 e. The van der Waals surface area contributed by atoms with Crippen molar-refractivity contribution in [2.75, 3.05) is 89.3 Å². The third-order valence-corrected chi connectivity index (χ3v) is 7.91. The van der Waals surface area contributed by atoms with Crippen LogP contribution in [0.2, 0.25) is 0 Å². The number of aryl methyl sites for hydroxylation is 2. The molecule has 2 aromatic heterocycles. The first-order valence-corrected chi connectivity index (χ1v) is 15.0. The standard InChI is InChI=1S/C28H39N9O3S/c1-20-4-3-5-22(39-16-14-36-10-6-29-7-11-36)26(20)35-27(38)23-19-31-28(41-23)34-24-18-25(33-21(2)32-24)40-17-15-37-12-8-30-9-13-37/h3-5,18-19,29-30H,6-17H2,1-2H3,(H,35,38)(H,31,32,33,34). The summed E-state index contributed by atoms with van der Waals surface area (Å²) in [6.07, 6.45) is 1.56. The first-order chi connectivity index (χ1) is 20.0. The molecule has 0 aliphatic carbocycles. The number of carbonyl (C=O) groups is 1. The van der Waals surface area contributed by atoms with E-state index in [0.29, 0.717) is 52.2 Å². The van der Waals surface area contributed by atoms with Gasteiger partial charge in [-0.2, -0.15) is 4.98 Å². The van der Waals surface area contributed by atoms with E-state index < -0.39 is 0 Å². The monoisotopic (exact) mass is 581 g/mol. The van der Waals surface area contributed by atoms with Gasteiger partial charge in [0.05, 0.1) is 11.9 Å². The molecule has 0 spiro atoms. The molecule has 12 nitrogen and oxygen atoms in total. The second kappa shape index (κ2) is 14.5. The van der Waals surface area contributed by atoms with Crippen LogP contribution in [0.15, 0.2) is 30.5 Å². The van der Waals surface area contributed by atoms with Gasteiger partial charge in [0.25, 0.3) is 5.91 Å². The molecule has 41 heavy (non-hydrogen) atoms. The van der Waals surface area contributed by atoms with Crippen molar-refractivity contribution in [2.45, 2.75) is 13.8 Å². The first kappa shape index (κ1) is 29.1. The number of nitrogens with one attached hydrogen (secondary N) is 4. The molecule has 1 aromatic carbocycles. The summed E-state index contributed by atoms with van der Waals surface area (Å²) in [6, 6.07) is 7.54. The van der Waals surface area contributed by atoms with Crippen LogP contribution in [0.3, 0.4) is 0 Å². The summed E-state index contributed by atoms with van der Waals surface area (Å²) < 4.78 is 12.0. The highest BCUT2D eigenvalue weighted by atomic mass is 32.1. The Kier molecular flexibility index (Phi) is 10.3. The van der Waals surface area contributed by atoms with Gasteiger partial charge in [0.2, 0.25) is 5.88 Å². The lowest BCUT2D eigenvalue weighted by Gasteiger charge is -2.27. The summed E-state index contributed by atoms with van der Waals surface area (Å²) in [5.74, 6) is 2.08. The fraction of sp³-hybridized carbons (Fsp3) is 0.500. The van der Waals surface area contributed by atoms with Crippen molar-refractivity contribution >= 4 is 33.9 Å². The average molecular weight is 582 g/mol. The van der Waals surface area contributed by atoms with Crippen molar-refractivity contribution in [3.05, 3.63) is 46.7 Å². The molecule has 13 heteroatoms. The number of benzene rings is 1. The molecular formula is C28H39N9O3S. The third-order valence-electron chi connectivity index (χ3n) is 6.99. The van der Waals surface area contributed by atoms with Crippen molar-refractivity contribution in [3.63, 3.8) is 0 Å². The topological polar surface area (TPSA) is 129 Å². The quantitative estimate of drug-likeness (QED) is 0.251. The van der Waals surface area contributed by atoms with Crippen molar-refractivity contribution < 1.29 is 14.3 Å². The predicted molar refractivity (Wildman–Crippen MR) is 161 cm³/mol. The molecule has 4 N–H and O–H groups in total. The van der Waals surface area contributed by atoms with Crippen LogP contribution in [-0.4, -0.2) is 109 Å². The van der Waals surface area contributed by atoms with E-state index in [9.17, 15) is 4.79 Å². The predicted octanol–water partition coefficient (Wildman–Crippen LogP) is 2.11. The van der Waals surface area contributed by atoms with Crippen molar-refractivity contribution in [3.8, 4) is 11.6 Å². The van der Waals surface area contributed by atoms with Gasteiger partial charge in [0, 0.05) is 71.5 Å². The van der Waals surface area contributed by atoms with E-state index >= 15 is 0 Å². The lowest BCUT2D eigenvalue weighted by atomic mass is 10.2. The molecular weight excluding hydrogens is 542 g/mol. The Bertz CT molecular complexity index is 1290. The number of carbonyl (C=O) groups excluding carboxylic acids is 1. The SMILES string of the molecule is Cc1nc(Nc2ncc(C(=O)Nc3c(C)cccc3OCCN3CCNCC3)s2)cc(OCCN2CCNCC2)n1. The zero-order valence-corrected chi connectivity index (χ0v) is 24.6. The van der Waals surface area contributed by atoms with E-state index in [1.807, 2.05) is 32.0 Å². The zero-order valence-electron chi connectivity index (χ0n) is 23.7. The van der Waals surface area contributed by atoms with E-state index in [-0.39, 0.29) is 5.91 Å². The maximum Gasteiger partial charge on any atom is 0.267 e. The molecule has 0 unspecified atom stereocenters. The number of anilines is 3. The lowest BCUT2D eigenvalue weighted by molar-refractivity contribution is 0.102. The second-order valence-electron chi connectivity index (χ2n) is 10.1. The number of rotatable bonds is 12. The Labute approximate surface area is 244 Å². The van der Waals surface area contributed by atoms with Crippen molar-refractivity contribution in [1.82, 2.24) is 35.4 Å². The molecule has 0 atom stereocenters. The number of thiazole rings is 1. The van der Waals surface area contributed by atoms with E-state index in [1.165, 1.54) is 11.3 Å². The van der Waals surface area contributed by atoms with Gasteiger partial charge in [-0.25, -0.2) is 9.97 Å². The first-order valence-electron chi connectivity index (χ1n) is 14.1. The minimum absolute atomic E-state index is 0.243. The highest BCUT2D eigenvalue weighted by molar-refractivity contribution is 7.17. The van der Waals surface area contributed by atoms with Crippen LogP contribution in [0.5, 0.6) is 11.6 Å². The molecule has 0 radical (unpaired) electrons. The van der Waals surface area contributed by atoms with Gasteiger partial charge < -0.3 is 30.7 Å². The second-order valence-corrected chi connectivity index (χ2v) is 11.1. The van der Waals surface area contributed by atoms with Crippen molar-refractivity contribution in [2.24, 2.45) is 0 Å². The molecule has 0 bridgehead atoms. The minimum atomic E-state index is -0.243. The summed E-state index contributed by atoms with van der Waals surface area (Å²) in [5, 5.41) is 13.5. The Morgan fingerprint density at radius 2 is 1.66 bits per heavy atom. The number of nitrogens with zero attached hydrogens (tertiary/aromatic N) is 5. The molecule has 2 aliphatic rings. The summed E-state index contributed by atoms with van der Waals surface area (Å²) in [6.45, 7) is 14.7. The highest BCUT2D eigenvalue weighted by Gasteiger charge is 2.17. The molecule has 4 heterocycles. The molecule has 1 amide bonds. The number of aromatic nitrogens is 3. The number of hydrogen-bond donors (Lipinski definition) is 4. The Morgan fingerprint density at radius 1 is 0.976 bits per heavy atom. The molecule has 2 saturated heterocycles. The molecule has 2 fully saturated rings. The van der Waals surface area contributed by atoms with Crippen molar-refractivity contribution in [1.29, 1.82) is 0 Å². The fourth-order valence-electron chi connectivity index (χ4n) is 4.75. The van der Waals surface area contributed by atoms with Gasteiger partial charge >= 0.3 is 0 Å². The van der Waals surface area contributed by atoms with E-state index in [2.05, 4.69) is 46.0 Å². The van der Waals surface area contributed by atoms with E-state index in [1.54, 1.807) is 12.3 Å². The van der Waals surface area contributed by atoms with Crippen LogP contribution >= 0.6 is 11.3 Å². The number of amides is 1. The van der Waals surface area contributed by atoms with Gasteiger partial charge in [-0.05, 0) is 25.5 Å². The molecule has 3 aromatic rings. The van der Waals surface area contributed by atoms with Crippen LogP contribution in [0.25, 0.3) is 0 Å². The third kappa shape index (κ3) is 8.57. The largest absolute Gasteiger partial charge is 0.490 e. The van der Waals surface area contributed by atoms with Gasteiger partial charge in [-0.15, -0.1) is 0 Å². The number of piperazine rings is 2. The lowest BCUT2D eigenvalue weighted by Crippen LogP contribution is -2.44. The van der Waals surface area contributed by atoms with Gasteiger partial charge in [0.15, 0.2) is 5.13 Å². The summed E-state index contributed by atoms with van der Waals surface area (Å²) in [4.78, 5) is 31.6. The van der Waals surface area contributed by atoms with Crippen LogP contribution in [0.4, 0.5) is 16.6 Å². The molecule has 5 rings (SSSR count). The van der Waals surface area contributed by atoms with Crippen LogP contribution < -0.4 is 30.7 Å². The molecule has 2 aliphatic heterocycles. The Balaban J connectivity index is 1.16. The average Bonchev–Trinajstić information content (AvgIpc) is 3.44. The number of para-hydroxylation sites is 1. The maximum absolute atomic E-state index is 13.2. The van der Waals surface area contributed by atoms with Gasteiger partial charge in [-0.3, -0.25) is 14.6 Å². The van der Waals surface area contributed by atoms with Crippen LogP contribution in [0, 0.1) is 13.8 Å². The Morgan fingerprint density at radius 3 is 2.37 bits per heavy atom. The van der Waals surface area contributed by atoms with Crippen LogP contribution in [0.1, 0.15) is 21.1 Å². The summed E-state index contributed by atoms with van der Waals surface area (Å²) in [5.41, 5.74) is 1.61. The van der Waals surface area contributed by atoms with Gasteiger partial charge in [0.1, 0.15) is 35.5 Å². The normalized spacial score (nSPS) is 16.3. The van der Waals surface area contributed by atoms with Gasteiger partial charge in [-0.1, -0.05) is 23.5 Å². The fourth-order valence-corrected chi connectivity index (χ4v) is 5.47. The maximum atomic E-state index is 13.2. The van der Waals surface area contributed by atoms with E-state index in [0.717, 1.165) is 71.0 Å². The highest BCUT2D eigenvalue weighted by Crippen LogP contribution is 2.30. The van der Waals surface area contributed by atoms with Crippen LogP contribution in [-0.2, 0) is 0 Å². The Hall–Kier alpha value is -3.36. The smallest absolute Gasteiger partial charge is 0.267 e. The van der Waals surface area contributed by atoms with E-state index in [4.69, 9.17) is 9.47 Å². The number of ether oxygens (including phenoxy) is 2.